The van der Waals surface area contributed by atoms with Crippen molar-refractivity contribution in [2.24, 2.45) is 0 Å². The fraction of sp³-hybridized carbons (Fsp3) is 0.167. The van der Waals surface area contributed by atoms with Gasteiger partial charge in [0.1, 0.15) is 0 Å². The minimum Gasteiger partial charge on any atom is -0.670 e. The van der Waals surface area contributed by atoms with Crippen molar-refractivity contribution < 1.29 is 51.4 Å². The predicted molar refractivity (Wildman–Crippen MR) is 40.0 cm³/mol. The van der Waals surface area contributed by atoms with Gasteiger partial charge in [-0.1, -0.05) is 0 Å². The Morgan fingerprint density at radius 2 is 2.30 bits per heavy atom. The number of rotatable bonds is 1. The number of pyridine rings is 1. The Bertz CT molecular complexity index is 205. The molecule has 1 N–H and O–H groups in total. The molecule has 0 aliphatic rings. The quantitative estimate of drug-likeness (QED) is 0.408. The van der Waals surface area contributed by atoms with Crippen LogP contribution in [0.15, 0.2) is 18.5 Å². The van der Waals surface area contributed by atoms with Gasteiger partial charge in [-0.25, -0.2) is 0 Å². The van der Waals surface area contributed by atoms with Gasteiger partial charge in [-0.2, -0.15) is 0 Å². The molecule has 2 nitrogen and oxygen atoms in total. The number of hydrogen-bond donors (Lipinski definition) is 1. The van der Waals surface area contributed by atoms with Crippen LogP contribution in [-0.2, 0) is 12.8 Å². The third kappa shape index (κ3) is 2.90. The average molecular weight is 178 g/mol. The molecule has 0 aliphatic heterocycles. The van der Waals surface area contributed by atoms with Crippen LogP contribution < -0.4 is 56.1 Å². The van der Waals surface area contributed by atoms with E-state index in [2.05, 4.69) is 22.5 Å². The van der Waals surface area contributed by atoms with Gasteiger partial charge in [-0.05, 0) is 18.6 Å². The summed E-state index contributed by atoms with van der Waals surface area (Å²) in [6.45, 7) is 1.96. The maximum atomic E-state index is 4.63. The van der Waals surface area contributed by atoms with E-state index >= 15 is 0 Å². The van der Waals surface area contributed by atoms with Crippen LogP contribution in [0.4, 0.5) is 5.69 Å². The van der Waals surface area contributed by atoms with Gasteiger partial charge in [0, 0.05) is 18.1 Å². The van der Waals surface area contributed by atoms with Crippen molar-refractivity contribution >= 4 is 18.5 Å². The van der Waals surface area contributed by atoms with E-state index in [4.69, 9.17) is 0 Å². The van der Waals surface area contributed by atoms with E-state index in [-0.39, 0.29) is 51.4 Å². The average Bonchev–Trinajstić information content (AvgIpc) is 1.89. The van der Waals surface area contributed by atoms with E-state index < -0.39 is 0 Å². The first-order valence-electron chi connectivity index (χ1n) is 2.63. The fourth-order valence-electron chi connectivity index (χ4n) is 0.588. The molecule has 0 bridgehead atoms. The number of aromatic nitrogens is 1. The Morgan fingerprint density at radius 1 is 1.60 bits per heavy atom. The van der Waals surface area contributed by atoms with Gasteiger partial charge in [0.25, 0.3) is 0 Å². The molecule has 0 unspecified atom stereocenters. The van der Waals surface area contributed by atoms with Crippen molar-refractivity contribution in [1.29, 1.82) is 0 Å². The molecule has 0 spiro atoms. The van der Waals surface area contributed by atoms with Crippen molar-refractivity contribution in [2.45, 2.75) is 6.92 Å². The van der Waals surface area contributed by atoms with Crippen LogP contribution in [0.5, 0.6) is 0 Å². The Hall–Kier alpha value is 0.936. The standard InChI is InChI=1S/C6H7N2S.K/c1-5-4-7-3-2-6(5)8-9;/h2-4H,1H3,(H-,7,8,9);/q-1;+1. The molecule has 0 aliphatic carbocycles. The van der Waals surface area contributed by atoms with Gasteiger partial charge in [0.05, 0.1) is 0 Å². The van der Waals surface area contributed by atoms with Crippen LogP contribution in [0.2, 0.25) is 0 Å². The Labute approximate surface area is 109 Å². The molecule has 1 rings (SSSR count). The maximum Gasteiger partial charge on any atom is 1.00 e. The molecule has 1 heterocycles. The molecule has 48 valence electrons. The van der Waals surface area contributed by atoms with Crippen LogP contribution in [0.3, 0.4) is 0 Å². The van der Waals surface area contributed by atoms with Crippen molar-refractivity contribution in [1.82, 2.24) is 4.98 Å². The first-order valence-corrected chi connectivity index (χ1v) is 3.04. The molecule has 0 saturated carbocycles. The molecule has 0 fully saturated rings. The van der Waals surface area contributed by atoms with E-state index in [1.54, 1.807) is 12.4 Å². The zero-order valence-electron chi connectivity index (χ0n) is 6.09. The first-order chi connectivity index (χ1) is 4.34. The van der Waals surface area contributed by atoms with Gasteiger partial charge >= 0.3 is 51.4 Å². The Balaban J connectivity index is 0.000000810. The minimum atomic E-state index is 0. The molecule has 1 aromatic heterocycles. The van der Waals surface area contributed by atoms with Crippen LogP contribution in [0.25, 0.3) is 0 Å². The third-order valence-corrected chi connectivity index (χ3v) is 1.35. The summed E-state index contributed by atoms with van der Waals surface area (Å²) in [5.74, 6) is 0. The number of anilines is 1. The van der Waals surface area contributed by atoms with Gasteiger partial charge in [0.15, 0.2) is 0 Å². The summed E-state index contributed by atoms with van der Waals surface area (Å²) < 4.78 is 2.64. The zero-order chi connectivity index (χ0) is 6.69. The molecule has 0 amide bonds. The monoisotopic (exact) mass is 178 g/mol. The summed E-state index contributed by atoms with van der Waals surface area (Å²) >= 11 is 4.63. The van der Waals surface area contributed by atoms with Crippen molar-refractivity contribution in [3.8, 4) is 0 Å². The SMILES string of the molecule is Cc1cnccc1N[S-].[K+]. The van der Waals surface area contributed by atoms with E-state index in [0.717, 1.165) is 11.3 Å². The largest absolute Gasteiger partial charge is 1.00 e. The number of nitrogens with one attached hydrogen (secondary N) is 1. The molecule has 4 heteroatoms. The second-order valence-corrected chi connectivity index (χ2v) is 2.00. The van der Waals surface area contributed by atoms with E-state index in [0.29, 0.717) is 0 Å². The Kier molecular flexibility index (Phi) is 6.09. The summed E-state index contributed by atoms with van der Waals surface area (Å²) in [5, 5.41) is 0. The van der Waals surface area contributed by atoms with Crippen LogP contribution in [0, 0.1) is 6.92 Å². The summed E-state index contributed by atoms with van der Waals surface area (Å²) in [4.78, 5) is 3.91. The molecule has 0 saturated heterocycles. The van der Waals surface area contributed by atoms with Gasteiger partial charge in [-0.15, -0.1) is 0 Å². The smallest absolute Gasteiger partial charge is 0.670 e. The summed E-state index contributed by atoms with van der Waals surface area (Å²) in [6.07, 6.45) is 3.48. The minimum absolute atomic E-state index is 0. The van der Waals surface area contributed by atoms with Crippen LogP contribution in [0.1, 0.15) is 5.56 Å². The molecular formula is C6H7KN2S. The summed E-state index contributed by atoms with van der Waals surface area (Å²) in [6, 6.07) is 1.85. The van der Waals surface area contributed by atoms with Crippen LogP contribution in [-0.4, -0.2) is 4.98 Å². The second kappa shape index (κ2) is 5.57. The number of nitrogens with zero attached hydrogens (tertiary/aromatic N) is 1. The maximum absolute atomic E-state index is 4.63. The number of aryl methyl sites for hydroxylation is 1. The molecule has 0 radical (unpaired) electrons. The van der Waals surface area contributed by atoms with Crippen molar-refractivity contribution in [3.63, 3.8) is 0 Å². The Morgan fingerprint density at radius 3 is 2.70 bits per heavy atom. The fourth-order valence-corrected chi connectivity index (χ4v) is 0.817. The molecular weight excluding hydrogens is 171 g/mol. The molecule has 0 atom stereocenters. The van der Waals surface area contributed by atoms with E-state index in [9.17, 15) is 0 Å². The second-order valence-electron chi connectivity index (χ2n) is 1.79. The third-order valence-electron chi connectivity index (χ3n) is 1.13. The van der Waals surface area contributed by atoms with Gasteiger partial charge in [-0.3, -0.25) is 4.98 Å². The molecule has 1 aromatic rings. The molecule has 10 heavy (non-hydrogen) atoms. The molecule has 0 aromatic carbocycles. The van der Waals surface area contributed by atoms with Crippen molar-refractivity contribution in [3.05, 3.63) is 24.0 Å². The first kappa shape index (κ1) is 10.9. The predicted octanol–water partition coefficient (Wildman–Crippen LogP) is -1.73. The van der Waals surface area contributed by atoms with E-state index in [1.807, 2.05) is 13.0 Å². The summed E-state index contributed by atoms with van der Waals surface area (Å²) in [7, 11) is 0. The van der Waals surface area contributed by atoms with Crippen LogP contribution >= 0.6 is 0 Å². The zero-order valence-corrected chi connectivity index (χ0v) is 10.0. The van der Waals surface area contributed by atoms with Gasteiger partial charge < -0.3 is 17.5 Å². The topological polar surface area (TPSA) is 24.9 Å². The van der Waals surface area contributed by atoms with Crippen molar-refractivity contribution in [2.75, 3.05) is 4.72 Å². The number of hydrogen-bond acceptors (Lipinski definition) is 3. The van der Waals surface area contributed by atoms with Gasteiger partial charge in [0.2, 0.25) is 0 Å². The normalized spacial score (nSPS) is 8.20. The summed E-state index contributed by atoms with van der Waals surface area (Å²) in [5.41, 5.74) is 2.03. The van der Waals surface area contributed by atoms with E-state index in [1.165, 1.54) is 0 Å².